The Morgan fingerprint density at radius 3 is 2.65 bits per heavy atom. The first kappa shape index (κ1) is 14.7. The number of benzene rings is 1. The van der Waals surface area contributed by atoms with Crippen LogP contribution in [0.2, 0.25) is 0 Å². The molecule has 0 radical (unpaired) electrons. The molecule has 0 aliphatic rings. The fraction of sp³-hybridized carbons (Fsp3) is 0.312. The van der Waals surface area contributed by atoms with Crippen LogP contribution in [0.3, 0.4) is 0 Å². The van der Waals surface area contributed by atoms with Crippen LogP contribution in [0.1, 0.15) is 32.6 Å². The van der Waals surface area contributed by atoms with Crippen molar-refractivity contribution in [1.29, 1.82) is 0 Å². The second kappa shape index (κ2) is 6.18. The van der Waals surface area contributed by atoms with Gasteiger partial charge in [-0.3, -0.25) is 4.79 Å². The monoisotopic (exact) mass is 291 g/mol. The third kappa shape index (κ3) is 3.07. The van der Waals surface area contributed by atoms with E-state index in [1.807, 2.05) is 13.0 Å². The summed E-state index contributed by atoms with van der Waals surface area (Å²) < 4.78 is 13.6. The van der Waals surface area contributed by atoms with E-state index >= 15 is 0 Å². The van der Waals surface area contributed by atoms with Crippen molar-refractivity contribution in [1.82, 2.24) is 4.90 Å². The van der Waals surface area contributed by atoms with E-state index in [4.69, 9.17) is 0 Å². The zero-order valence-electron chi connectivity index (χ0n) is 11.9. The van der Waals surface area contributed by atoms with E-state index in [9.17, 15) is 9.18 Å². The molecular formula is C16H18FNOS. The molecule has 0 aliphatic carbocycles. The van der Waals surface area contributed by atoms with Gasteiger partial charge in [0.25, 0.3) is 5.91 Å². The molecule has 2 rings (SSSR count). The fourth-order valence-electron chi connectivity index (χ4n) is 2.12. The molecule has 1 heterocycles. The number of carbonyl (C=O) groups is 1. The first-order chi connectivity index (χ1) is 9.52. The van der Waals surface area contributed by atoms with E-state index in [0.717, 1.165) is 16.9 Å². The number of hydrogen-bond acceptors (Lipinski definition) is 2. The Labute approximate surface area is 122 Å². The van der Waals surface area contributed by atoms with Crippen LogP contribution < -0.4 is 0 Å². The van der Waals surface area contributed by atoms with Crippen molar-refractivity contribution in [3.05, 3.63) is 57.0 Å². The third-order valence-electron chi connectivity index (χ3n) is 3.26. The molecule has 0 unspecified atom stereocenters. The Kier molecular flexibility index (Phi) is 4.55. The average Bonchev–Trinajstić information content (AvgIpc) is 2.81. The van der Waals surface area contributed by atoms with Crippen LogP contribution >= 0.6 is 11.3 Å². The molecular weight excluding hydrogens is 273 g/mol. The molecule has 0 N–H and O–H groups in total. The van der Waals surface area contributed by atoms with Crippen molar-refractivity contribution in [3.63, 3.8) is 0 Å². The van der Waals surface area contributed by atoms with E-state index in [-0.39, 0.29) is 18.3 Å². The largest absolute Gasteiger partial charge is 0.337 e. The summed E-state index contributed by atoms with van der Waals surface area (Å²) in [5, 5.41) is 0. The van der Waals surface area contributed by atoms with Gasteiger partial charge in [0, 0.05) is 24.0 Å². The van der Waals surface area contributed by atoms with Crippen molar-refractivity contribution in [2.75, 3.05) is 7.05 Å². The number of carbonyl (C=O) groups excluding carboxylic acids is 1. The first-order valence-electron chi connectivity index (χ1n) is 6.61. The second-order valence-electron chi connectivity index (χ2n) is 4.82. The summed E-state index contributed by atoms with van der Waals surface area (Å²) in [6.07, 6.45) is 0.931. The highest BCUT2D eigenvalue weighted by molar-refractivity contribution is 7.14. The lowest BCUT2D eigenvalue weighted by atomic mass is 10.2. The molecule has 2 nitrogen and oxygen atoms in total. The molecule has 0 bridgehead atoms. The minimum absolute atomic E-state index is 0.0546. The fourth-order valence-corrected chi connectivity index (χ4v) is 3.23. The lowest BCUT2D eigenvalue weighted by molar-refractivity contribution is 0.0788. The normalized spacial score (nSPS) is 10.6. The van der Waals surface area contributed by atoms with Gasteiger partial charge in [-0.2, -0.15) is 0 Å². The van der Waals surface area contributed by atoms with Crippen LogP contribution in [0.5, 0.6) is 0 Å². The van der Waals surface area contributed by atoms with Gasteiger partial charge >= 0.3 is 0 Å². The Bertz CT molecular complexity index is 621. The standard InChI is InChI=1S/C16H18FNOS/c1-4-14-11(2)9-15(20-14)16(19)18(3)10-12-7-5-6-8-13(12)17/h5-9H,4,10H2,1-3H3. The third-order valence-corrected chi connectivity index (χ3v) is 4.63. The molecule has 0 atom stereocenters. The first-order valence-corrected chi connectivity index (χ1v) is 7.42. The predicted octanol–water partition coefficient (Wildman–Crippen LogP) is 4.03. The van der Waals surface area contributed by atoms with Crippen molar-refractivity contribution in [3.8, 4) is 0 Å². The van der Waals surface area contributed by atoms with Gasteiger partial charge in [0.05, 0.1) is 4.88 Å². The van der Waals surface area contributed by atoms with Gasteiger partial charge in [-0.25, -0.2) is 4.39 Å². The number of thiophene rings is 1. The summed E-state index contributed by atoms with van der Waals surface area (Å²) in [5.74, 6) is -0.329. The molecule has 20 heavy (non-hydrogen) atoms. The summed E-state index contributed by atoms with van der Waals surface area (Å²) in [7, 11) is 1.70. The Balaban J connectivity index is 2.14. The topological polar surface area (TPSA) is 20.3 Å². The highest BCUT2D eigenvalue weighted by Gasteiger charge is 2.17. The van der Waals surface area contributed by atoms with E-state index in [1.54, 1.807) is 30.1 Å². The number of amides is 1. The van der Waals surface area contributed by atoms with Gasteiger partial charge in [-0.1, -0.05) is 25.1 Å². The van der Waals surface area contributed by atoms with Crippen molar-refractivity contribution >= 4 is 17.2 Å². The lowest BCUT2D eigenvalue weighted by Crippen LogP contribution is -2.25. The molecule has 4 heteroatoms. The molecule has 1 aromatic heterocycles. The van der Waals surface area contributed by atoms with Crippen molar-refractivity contribution in [2.45, 2.75) is 26.8 Å². The molecule has 0 fully saturated rings. The predicted molar refractivity (Wildman–Crippen MR) is 80.6 cm³/mol. The second-order valence-corrected chi connectivity index (χ2v) is 5.96. The zero-order valence-corrected chi connectivity index (χ0v) is 12.8. The highest BCUT2D eigenvalue weighted by Crippen LogP contribution is 2.24. The maximum atomic E-state index is 13.6. The Morgan fingerprint density at radius 1 is 1.35 bits per heavy atom. The molecule has 106 valence electrons. The number of hydrogen-bond donors (Lipinski definition) is 0. The van der Waals surface area contributed by atoms with Crippen LogP contribution in [0.15, 0.2) is 30.3 Å². The molecule has 0 saturated carbocycles. The van der Waals surface area contributed by atoms with Crippen molar-refractivity contribution < 1.29 is 9.18 Å². The summed E-state index contributed by atoms with van der Waals surface area (Å²) in [4.78, 5) is 15.9. The molecule has 1 amide bonds. The van der Waals surface area contributed by atoms with Crippen LogP contribution in [0.4, 0.5) is 4.39 Å². The molecule has 0 aliphatic heterocycles. The zero-order chi connectivity index (χ0) is 14.7. The highest BCUT2D eigenvalue weighted by atomic mass is 32.1. The van der Waals surface area contributed by atoms with Gasteiger partial charge in [-0.05, 0) is 31.0 Å². The van der Waals surface area contributed by atoms with E-state index in [2.05, 4.69) is 6.92 Å². The summed E-state index contributed by atoms with van der Waals surface area (Å²) in [6, 6.07) is 8.47. The maximum Gasteiger partial charge on any atom is 0.263 e. The maximum absolute atomic E-state index is 13.6. The number of aryl methyl sites for hydroxylation is 2. The quantitative estimate of drug-likeness (QED) is 0.833. The smallest absolute Gasteiger partial charge is 0.263 e. The Morgan fingerprint density at radius 2 is 2.05 bits per heavy atom. The average molecular weight is 291 g/mol. The summed E-state index contributed by atoms with van der Waals surface area (Å²) in [5.41, 5.74) is 1.69. The minimum atomic E-state index is -0.274. The molecule has 2 aromatic rings. The van der Waals surface area contributed by atoms with Gasteiger partial charge in [-0.15, -0.1) is 11.3 Å². The number of halogens is 1. The van der Waals surface area contributed by atoms with Crippen LogP contribution in [-0.4, -0.2) is 17.9 Å². The van der Waals surface area contributed by atoms with Crippen LogP contribution in [0, 0.1) is 12.7 Å². The SMILES string of the molecule is CCc1sc(C(=O)N(C)Cc2ccccc2F)cc1C. The summed E-state index contributed by atoms with van der Waals surface area (Å²) in [6.45, 7) is 4.38. The van der Waals surface area contributed by atoms with Gasteiger partial charge in [0.15, 0.2) is 0 Å². The lowest BCUT2D eigenvalue weighted by Gasteiger charge is -2.16. The van der Waals surface area contributed by atoms with Crippen LogP contribution in [0.25, 0.3) is 0 Å². The number of rotatable bonds is 4. The molecule has 0 spiro atoms. The number of nitrogens with zero attached hydrogens (tertiary/aromatic N) is 1. The van der Waals surface area contributed by atoms with Crippen LogP contribution in [-0.2, 0) is 13.0 Å². The van der Waals surface area contributed by atoms with E-state index < -0.39 is 0 Å². The minimum Gasteiger partial charge on any atom is -0.337 e. The summed E-state index contributed by atoms with van der Waals surface area (Å²) >= 11 is 1.53. The van der Waals surface area contributed by atoms with E-state index in [1.165, 1.54) is 22.3 Å². The Hall–Kier alpha value is -1.68. The van der Waals surface area contributed by atoms with Gasteiger partial charge in [0.1, 0.15) is 5.82 Å². The van der Waals surface area contributed by atoms with Gasteiger partial charge in [0.2, 0.25) is 0 Å². The van der Waals surface area contributed by atoms with Gasteiger partial charge < -0.3 is 4.90 Å². The van der Waals surface area contributed by atoms with E-state index in [0.29, 0.717) is 5.56 Å². The molecule has 0 saturated heterocycles. The van der Waals surface area contributed by atoms with Crippen molar-refractivity contribution in [2.24, 2.45) is 0 Å². The molecule has 1 aromatic carbocycles.